The van der Waals surface area contributed by atoms with E-state index in [1.165, 1.54) is 4.88 Å². The van der Waals surface area contributed by atoms with Crippen LogP contribution in [0.2, 0.25) is 15.1 Å². The van der Waals surface area contributed by atoms with Gasteiger partial charge in [0.2, 0.25) is 5.91 Å². The van der Waals surface area contributed by atoms with E-state index in [0.29, 0.717) is 46.7 Å². The summed E-state index contributed by atoms with van der Waals surface area (Å²) in [5.41, 5.74) is 2.32. The van der Waals surface area contributed by atoms with Crippen LogP contribution in [0.4, 0.5) is 0 Å². The highest BCUT2D eigenvalue weighted by atomic mass is 35.5. The third-order valence-electron chi connectivity index (χ3n) is 6.00. The molecule has 0 spiro atoms. The molecule has 0 aliphatic carbocycles. The van der Waals surface area contributed by atoms with Gasteiger partial charge in [0.15, 0.2) is 0 Å². The van der Waals surface area contributed by atoms with Crippen LogP contribution in [-0.2, 0) is 16.0 Å². The van der Waals surface area contributed by atoms with Gasteiger partial charge in [0.05, 0.1) is 6.04 Å². The van der Waals surface area contributed by atoms with Crippen molar-refractivity contribution in [1.82, 2.24) is 9.80 Å². The Kier molecular flexibility index (Phi) is 8.73. The van der Waals surface area contributed by atoms with Crippen LogP contribution in [0, 0.1) is 0 Å². The molecule has 2 heterocycles. The van der Waals surface area contributed by atoms with Gasteiger partial charge in [-0.25, -0.2) is 0 Å². The molecular weight excluding hydrogens is 527 g/mol. The number of fused-ring (bicyclic) bond motifs is 1. The predicted molar refractivity (Wildman–Crippen MR) is 142 cm³/mol. The molecule has 2 aromatic carbocycles. The van der Waals surface area contributed by atoms with Crippen LogP contribution in [0.3, 0.4) is 0 Å². The minimum atomic E-state index is -0.343. The SMILES string of the molecule is COCCCN(CC(=O)N1CCc2sccc2C1c1ccc(Cl)cc1Cl)C(=O)c1cccc(Cl)c1. The molecule has 35 heavy (non-hydrogen) atoms. The van der Waals surface area contributed by atoms with Gasteiger partial charge in [-0.2, -0.15) is 0 Å². The van der Waals surface area contributed by atoms with Crippen molar-refractivity contribution >= 4 is 58.0 Å². The smallest absolute Gasteiger partial charge is 0.254 e. The molecule has 0 saturated heterocycles. The van der Waals surface area contributed by atoms with Gasteiger partial charge in [0.25, 0.3) is 5.91 Å². The molecule has 1 aliphatic heterocycles. The van der Waals surface area contributed by atoms with Crippen molar-refractivity contribution in [2.75, 3.05) is 33.4 Å². The van der Waals surface area contributed by atoms with Crippen LogP contribution in [0.25, 0.3) is 0 Å². The number of rotatable bonds is 8. The minimum Gasteiger partial charge on any atom is -0.385 e. The summed E-state index contributed by atoms with van der Waals surface area (Å²) in [6, 6.07) is 13.8. The first-order chi connectivity index (χ1) is 16.9. The Hall–Kier alpha value is -2.09. The molecule has 1 aliphatic rings. The summed E-state index contributed by atoms with van der Waals surface area (Å²) in [5.74, 6) is -0.392. The van der Waals surface area contributed by atoms with Crippen LogP contribution in [0.1, 0.15) is 38.8 Å². The molecule has 1 unspecified atom stereocenters. The Morgan fingerprint density at radius 2 is 1.89 bits per heavy atom. The van der Waals surface area contributed by atoms with Crippen LogP contribution in [-0.4, -0.2) is 55.0 Å². The van der Waals surface area contributed by atoms with E-state index < -0.39 is 0 Å². The van der Waals surface area contributed by atoms with E-state index in [2.05, 4.69) is 0 Å². The number of hydrogen-bond donors (Lipinski definition) is 0. The summed E-state index contributed by atoms with van der Waals surface area (Å²) in [7, 11) is 1.61. The second-order valence-electron chi connectivity index (χ2n) is 8.29. The largest absolute Gasteiger partial charge is 0.385 e. The Labute approximate surface area is 224 Å². The average Bonchev–Trinajstić information content (AvgIpc) is 3.32. The zero-order valence-corrected chi connectivity index (χ0v) is 22.3. The highest BCUT2D eigenvalue weighted by molar-refractivity contribution is 7.10. The van der Waals surface area contributed by atoms with E-state index in [-0.39, 0.29) is 24.4 Å². The maximum absolute atomic E-state index is 13.7. The first-order valence-electron chi connectivity index (χ1n) is 11.2. The molecule has 1 aromatic heterocycles. The lowest BCUT2D eigenvalue weighted by Gasteiger charge is -2.38. The highest BCUT2D eigenvalue weighted by Crippen LogP contribution is 2.41. The summed E-state index contributed by atoms with van der Waals surface area (Å²) < 4.78 is 5.17. The van der Waals surface area contributed by atoms with Gasteiger partial charge >= 0.3 is 0 Å². The van der Waals surface area contributed by atoms with Crippen molar-refractivity contribution in [2.45, 2.75) is 18.9 Å². The summed E-state index contributed by atoms with van der Waals surface area (Å²) in [6.07, 6.45) is 1.36. The maximum Gasteiger partial charge on any atom is 0.254 e. The Morgan fingerprint density at radius 3 is 2.63 bits per heavy atom. The number of carbonyl (C=O) groups is 2. The number of ether oxygens (including phenoxy) is 1. The van der Waals surface area contributed by atoms with Crippen LogP contribution in [0.5, 0.6) is 0 Å². The Balaban J connectivity index is 1.63. The fourth-order valence-electron chi connectivity index (χ4n) is 4.35. The van der Waals surface area contributed by atoms with Crippen LogP contribution in [0.15, 0.2) is 53.9 Å². The molecule has 9 heteroatoms. The lowest BCUT2D eigenvalue weighted by molar-refractivity contribution is -0.134. The van der Waals surface area contributed by atoms with Gasteiger partial charge in [-0.05, 0) is 65.7 Å². The van der Waals surface area contributed by atoms with E-state index in [1.54, 1.807) is 59.7 Å². The van der Waals surface area contributed by atoms with Crippen molar-refractivity contribution in [3.63, 3.8) is 0 Å². The first kappa shape index (κ1) is 26.0. The molecular formula is C26H25Cl3N2O3S. The number of benzene rings is 2. The molecule has 0 N–H and O–H groups in total. The Bertz CT molecular complexity index is 1220. The average molecular weight is 552 g/mol. The highest BCUT2D eigenvalue weighted by Gasteiger charge is 2.35. The monoisotopic (exact) mass is 550 g/mol. The first-order valence-corrected chi connectivity index (χ1v) is 13.2. The van der Waals surface area contributed by atoms with Crippen LogP contribution < -0.4 is 0 Å². The third kappa shape index (κ3) is 6.01. The number of thiophene rings is 1. The summed E-state index contributed by atoms with van der Waals surface area (Å²) in [5, 5.41) is 3.55. The lowest BCUT2D eigenvalue weighted by atomic mass is 9.93. The number of methoxy groups -OCH3 is 1. The normalized spacial score (nSPS) is 15.1. The third-order valence-corrected chi connectivity index (χ3v) is 7.80. The molecule has 3 aromatic rings. The predicted octanol–water partition coefficient (Wildman–Crippen LogP) is 6.36. The summed E-state index contributed by atoms with van der Waals surface area (Å²) in [4.78, 5) is 31.7. The quantitative estimate of drug-likeness (QED) is 0.306. The summed E-state index contributed by atoms with van der Waals surface area (Å²) in [6.45, 7) is 1.34. The van der Waals surface area contributed by atoms with Gasteiger partial charge in [-0.15, -0.1) is 11.3 Å². The van der Waals surface area contributed by atoms with Gasteiger partial charge in [-0.3, -0.25) is 9.59 Å². The molecule has 4 rings (SSSR count). The number of nitrogens with zero attached hydrogens (tertiary/aromatic N) is 2. The van der Waals surface area contributed by atoms with E-state index >= 15 is 0 Å². The van der Waals surface area contributed by atoms with Crippen molar-refractivity contribution in [1.29, 1.82) is 0 Å². The van der Waals surface area contributed by atoms with E-state index in [1.807, 2.05) is 22.4 Å². The van der Waals surface area contributed by atoms with Gasteiger partial charge in [0.1, 0.15) is 6.54 Å². The number of amides is 2. The number of hydrogen-bond acceptors (Lipinski definition) is 4. The van der Waals surface area contributed by atoms with Gasteiger partial charge in [0, 0.05) is 52.3 Å². The second kappa shape index (κ2) is 11.8. The van der Waals surface area contributed by atoms with E-state index in [4.69, 9.17) is 39.5 Å². The van der Waals surface area contributed by atoms with Crippen molar-refractivity contribution in [3.05, 3.63) is 90.5 Å². The summed E-state index contributed by atoms with van der Waals surface area (Å²) >= 11 is 20.5. The van der Waals surface area contributed by atoms with Crippen molar-refractivity contribution in [2.24, 2.45) is 0 Å². The van der Waals surface area contributed by atoms with E-state index in [0.717, 1.165) is 17.5 Å². The second-order valence-corrected chi connectivity index (χ2v) is 10.6. The molecule has 5 nitrogen and oxygen atoms in total. The van der Waals surface area contributed by atoms with Gasteiger partial charge in [-0.1, -0.05) is 46.9 Å². The van der Waals surface area contributed by atoms with E-state index in [9.17, 15) is 9.59 Å². The molecule has 184 valence electrons. The minimum absolute atomic E-state index is 0.0593. The fraction of sp³-hybridized carbons (Fsp3) is 0.308. The Morgan fingerprint density at radius 1 is 1.09 bits per heavy atom. The van der Waals surface area contributed by atoms with Gasteiger partial charge < -0.3 is 14.5 Å². The van der Waals surface area contributed by atoms with Crippen molar-refractivity contribution < 1.29 is 14.3 Å². The lowest BCUT2D eigenvalue weighted by Crippen LogP contribution is -2.47. The van der Waals surface area contributed by atoms with Crippen molar-refractivity contribution in [3.8, 4) is 0 Å². The topological polar surface area (TPSA) is 49.9 Å². The molecule has 1 atom stereocenters. The number of halogens is 3. The number of carbonyl (C=O) groups excluding carboxylic acids is 2. The zero-order valence-electron chi connectivity index (χ0n) is 19.2. The molecule has 0 fully saturated rings. The molecule has 2 amide bonds. The standard InChI is InChI=1S/C26H25Cl3N2O3S/c1-34-12-3-10-30(26(33)17-4-2-5-18(27)14-17)16-24(32)31-11-8-23-21(9-13-35-23)25(31)20-7-6-19(28)15-22(20)29/h2,4-7,9,13-15,25H,3,8,10-12,16H2,1H3. The molecule has 0 saturated carbocycles. The maximum atomic E-state index is 13.7. The fourth-order valence-corrected chi connectivity index (χ4v) is 5.96. The zero-order chi connectivity index (χ0) is 24.9. The molecule has 0 radical (unpaired) electrons. The molecule has 0 bridgehead atoms. The van der Waals surface area contributed by atoms with Crippen LogP contribution >= 0.6 is 46.1 Å².